The summed E-state index contributed by atoms with van der Waals surface area (Å²) in [4.78, 5) is 10.9. The van der Waals surface area contributed by atoms with Crippen molar-refractivity contribution >= 4 is 5.91 Å². The topological polar surface area (TPSA) is 55.1 Å². The standard InChI is InChI=1S/C8H18N2O/c1-3-5-8(11)10-6-7(9)4-2/h7H,3-6,9H2,1-2H3,(H,10,11). The summed E-state index contributed by atoms with van der Waals surface area (Å²) in [6.07, 6.45) is 2.41. The highest BCUT2D eigenvalue weighted by Crippen LogP contribution is 1.87. The van der Waals surface area contributed by atoms with E-state index in [4.69, 9.17) is 5.73 Å². The molecule has 0 rings (SSSR count). The minimum absolute atomic E-state index is 0.107. The number of amides is 1. The number of hydrogen-bond donors (Lipinski definition) is 2. The first kappa shape index (κ1) is 10.4. The molecule has 0 aromatic carbocycles. The lowest BCUT2D eigenvalue weighted by molar-refractivity contribution is -0.121. The van der Waals surface area contributed by atoms with Crippen LogP contribution in [-0.2, 0) is 4.79 Å². The van der Waals surface area contributed by atoms with Gasteiger partial charge >= 0.3 is 0 Å². The molecule has 0 aliphatic carbocycles. The van der Waals surface area contributed by atoms with Crippen molar-refractivity contribution in [2.75, 3.05) is 6.54 Å². The number of nitrogens with two attached hydrogens (primary N) is 1. The Labute approximate surface area is 68.3 Å². The van der Waals surface area contributed by atoms with Crippen LogP contribution in [0.2, 0.25) is 0 Å². The number of rotatable bonds is 5. The maximum absolute atomic E-state index is 10.9. The van der Waals surface area contributed by atoms with Gasteiger partial charge in [0.05, 0.1) is 0 Å². The smallest absolute Gasteiger partial charge is 0.220 e. The molecule has 3 N–H and O–H groups in total. The van der Waals surface area contributed by atoms with Gasteiger partial charge in [-0.3, -0.25) is 4.79 Å². The van der Waals surface area contributed by atoms with Crippen molar-refractivity contribution in [3.05, 3.63) is 0 Å². The van der Waals surface area contributed by atoms with Crippen LogP contribution in [0.4, 0.5) is 0 Å². The second-order valence-electron chi connectivity index (χ2n) is 2.72. The minimum Gasteiger partial charge on any atom is -0.355 e. The Bertz CT molecular complexity index is 115. The SMILES string of the molecule is CCCC(=O)NCC(N)CC. The zero-order valence-corrected chi connectivity index (χ0v) is 7.39. The first-order chi connectivity index (χ1) is 5.20. The number of hydrogen-bond acceptors (Lipinski definition) is 2. The van der Waals surface area contributed by atoms with E-state index in [0.29, 0.717) is 13.0 Å². The molecule has 0 bridgehead atoms. The van der Waals surface area contributed by atoms with Crippen LogP contribution in [0.5, 0.6) is 0 Å². The minimum atomic E-state index is 0.107. The Morgan fingerprint density at radius 3 is 2.64 bits per heavy atom. The summed E-state index contributed by atoms with van der Waals surface area (Å²) in [5.41, 5.74) is 5.60. The first-order valence-corrected chi connectivity index (χ1v) is 4.23. The molecule has 66 valence electrons. The fourth-order valence-electron chi connectivity index (χ4n) is 0.705. The third-order valence-corrected chi connectivity index (χ3v) is 1.56. The van der Waals surface area contributed by atoms with Gasteiger partial charge in [-0.25, -0.2) is 0 Å². The number of nitrogens with one attached hydrogen (secondary N) is 1. The molecule has 3 heteroatoms. The fourth-order valence-corrected chi connectivity index (χ4v) is 0.705. The second kappa shape index (κ2) is 6.16. The normalized spacial score (nSPS) is 12.6. The average molecular weight is 158 g/mol. The van der Waals surface area contributed by atoms with Gasteiger partial charge in [0.15, 0.2) is 0 Å². The van der Waals surface area contributed by atoms with Crippen molar-refractivity contribution in [2.24, 2.45) is 5.73 Å². The van der Waals surface area contributed by atoms with Gasteiger partial charge in [0.2, 0.25) is 5.91 Å². The van der Waals surface area contributed by atoms with Crippen molar-refractivity contribution in [3.63, 3.8) is 0 Å². The Balaban J connectivity index is 3.30. The largest absolute Gasteiger partial charge is 0.355 e. The lowest BCUT2D eigenvalue weighted by Gasteiger charge is -2.09. The van der Waals surface area contributed by atoms with Crippen LogP contribution in [0.3, 0.4) is 0 Å². The third-order valence-electron chi connectivity index (χ3n) is 1.56. The van der Waals surface area contributed by atoms with E-state index in [1.807, 2.05) is 13.8 Å². The lowest BCUT2D eigenvalue weighted by Crippen LogP contribution is -2.36. The Kier molecular flexibility index (Phi) is 5.84. The number of carbonyl (C=O) groups is 1. The van der Waals surface area contributed by atoms with Gasteiger partial charge in [-0.2, -0.15) is 0 Å². The Hall–Kier alpha value is -0.570. The highest BCUT2D eigenvalue weighted by Gasteiger charge is 2.01. The molecule has 0 saturated heterocycles. The zero-order valence-electron chi connectivity index (χ0n) is 7.39. The average Bonchev–Trinajstić information content (AvgIpc) is 2.01. The fraction of sp³-hybridized carbons (Fsp3) is 0.875. The van der Waals surface area contributed by atoms with E-state index < -0.39 is 0 Å². The van der Waals surface area contributed by atoms with Gasteiger partial charge in [0.25, 0.3) is 0 Å². The molecule has 1 atom stereocenters. The molecule has 11 heavy (non-hydrogen) atoms. The van der Waals surface area contributed by atoms with E-state index in [0.717, 1.165) is 12.8 Å². The van der Waals surface area contributed by atoms with E-state index in [9.17, 15) is 4.79 Å². The van der Waals surface area contributed by atoms with E-state index in [2.05, 4.69) is 5.32 Å². The predicted molar refractivity (Wildman–Crippen MR) is 46.2 cm³/mol. The molecule has 0 spiro atoms. The third kappa shape index (κ3) is 5.85. The molecule has 0 fully saturated rings. The monoisotopic (exact) mass is 158 g/mol. The molecule has 0 aliphatic heterocycles. The van der Waals surface area contributed by atoms with Crippen molar-refractivity contribution in [2.45, 2.75) is 39.2 Å². The van der Waals surface area contributed by atoms with E-state index in [1.165, 1.54) is 0 Å². The molecule has 0 saturated carbocycles. The van der Waals surface area contributed by atoms with E-state index >= 15 is 0 Å². The molecule has 0 radical (unpaired) electrons. The van der Waals surface area contributed by atoms with Gasteiger partial charge < -0.3 is 11.1 Å². The van der Waals surface area contributed by atoms with Crippen molar-refractivity contribution in [1.82, 2.24) is 5.32 Å². The summed E-state index contributed by atoms with van der Waals surface area (Å²) < 4.78 is 0. The van der Waals surface area contributed by atoms with Crippen LogP contribution in [0.25, 0.3) is 0 Å². The van der Waals surface area contributed by atoms with Gasteiger partial charge in [-0.05, 0) is 12.8 Å². The molecule has 1 unspecified atom stereocenters. The molecule has 0 aromatic rings. The maximum Gasteiger partial charge on any atom is 0.220 e. The Morgan fingerprint density at radius 1 is 1.55 bits per heavy atom. The molecule has 0 aromatic heterocycles. The van der Waals surface area contributed by atoms with Gasteiger partial charge in [-0.1, -0.05) is 13.8 Å². The maximum atomic E-state index is 10.9. The zero-order chi connectivity index (χ0) is 8.69. The summed E-state index contributed by atoms with van der Waals surface area (Å²) in [6.45, 7) is 4.60. The quantitative estimate of drug-likeness (QED) is 0.617. The first-order valence-electron chi connectivity index (χ1n) is 4.23. The van der Waals surface area contributed by atoms with Gasteiger partial charge in [0.1, 0.15) is 0 Å². The summed E-state index contributed by atoms with van der Waals surface area (Å²) >= 11 is 0. The van der Waals surface area contributed by atoms with Gasteiger partial charge in [0, 0.05) is 19.0 Å². The van der Waals surface area contributed by atoms with Crippen LogP contribution in [-0.4, -0.2) is 18.5 Å². The molecule has 1 amide bonds. The van der Waals surface area contributed by atoms with Crippen LogP contribution in [0.15, 0.2) is 0 Å². The van der Waals surface area contributed by atoms with E-state index in [-0.39, 0.29) is 11.9 Å². The summed E-state index contributed by atoms with van der Waals surface area (Å²) in [5.74, 6) is 0.108. The lowest BCUT2D eigenvalue weighted by atomic mass is 10.2. The van der Waals surface area contributed by atoms with Gasteiger partial charge in [-0.15, -0.1) is 0 Å². The predicted octanol–water partition coefficient (Wildman–Crippen LogP) is 0.640. The molecule has 0 aliphatic rings. The van der Waals surface area contributed by atoms with Crippen LogP contribution < -0.4 is 11.1 Å². The van der Waals surface area contributed by atoms with Crippen LogP contribution in [0.1, 0.15) is 33.1 Å². The summed E-state index contributed by atoms with van der Waals surface area (Å²) in [7, 11) is 0. The summed E-state index contributed by atoms with van der Waals surface area (Å²) in [5, 5.41) is 2.77. The van der Waals surface area contributed by atoms with Crippen molar-refractivity contribution < 1.29 is 4.79 Å². The van der Waals surface area contributed by atoms with Crippen molar-refractivity contribution in [1.29, 1.82) is 0 Å². The van der Waals surface area contributed by atoms with Crippen LogP contribution in [0, 0.1) is 0 Å². The number of carbonyl (C=O) groups excluding carboxylic acids is 1. The Morgan fingerprint density at radius 2 is 2.18 bits per heavy atom. The highest BCUT2D eigenvalue weighted by molar-refractivity contribution is 5.75. The highest BCUT2D eigenvalue weighted by atomic mass is 16.1. The van der Waals surface area contributed by atoms with Crippen molar-refractivity contribution in [3.8, 4) is 0 Å². The molecular formula is C8H18N2O. The second-order valence-corrected chi connectivity index (χ2v) is 2.72. The summed E-state index contributed by atoms with van der Waals surface area (Å²) in [6, 6.07) is 0.107. The van der Waals surface area contributed by atoms with E-state index in [1.54, 1.807) is 0 Å². The molecule has 3 nitrogen and oxygen atoms in total. The molecular weight excluding hydrogens is 140 g/mol. The molecule has 0 heterocycles. The van der Waals surface area contributed by atoms with Crippen LogP contribution >= 0.6 is 0 Å².